The van der Waals surface area contributed by atoms with E-state index in [1.165, 1.54) is 19.3 Å². The number of nitrogens with one attached hydrogen (secondary N) is 1. The fourth-order valence-corrected chi connectivity index (χ4v) is 2.57. The Morgan fingerprint density at radius 3 is 2.60 bits per heavy atom. The van der Waals surface area contributed by atoms with E-state index in [-0.39, 0.29) is 0 Å². The quantitative estimate of drug-likeness (QED) is 0.771. The van der Waals surface area contributed by atoms with Crippen molar-refractivity contribution in [3.8, 4) is 0 Å². The average molecular weight is 213 g/mol. The molecule has 0 bridgehead atoms. The minimum Gasteiger partial charge on any atom is -0.381 e. The Morgan fingerprint density at radius 1 is 1.20 bits per heavy atom. The SMILES string of the molecule is CCC(NC1CCOCC1)C1CCCO1. The van der Waals surface area contributed by atoms with E-state index >= 15 is 0 Å². The van der Waals surface area contributed by atoms with Gasteiger partial charge in [-0.2, -0.15) is 0 Å². The van der Waals surface area contributed by atoms with Crippen molar-refractivity contribution in [2.75, 3.05) is 19.8 Å². The zero-order valence-electron chi connectivity index (χ0n) is 9.71. The molecular weight excluding hydrogens is 190 g/mol. The Labute approximate surface area is 92.5 Å². The summed E-state index contributed by atoms with van der Waals surface area (Å²) in [6, 6.07) is 1.20. The van der Waals surface area contributed by atoms with Crippen LogP contribution in [0.1, 0.15) is 39.0 Å². The topological polar surface area (TPSA) is 30.5 Å². The third-order valence-corrected chi connectivity index (χ3v) is 3.52. The van der Waals surface area contributed by atoms with E-state index in [1.807, 2.05) is 0 Å². The van der Waals surface area contributed by atoms with Crippen molar-refractivity contribution in [2.45, 2.75) is 57.2 Å². The van der Waals surface area contributed by atoms with Gasteiger partial charge in [0.1, 0.15) is 0 Å². The van der Waals surface area contributed by atoms with Crippen LogP contribution >= 0.6 is 0 Å². The molecular formula is C12H23NO2. The summed E-state index contributed by atoms with van der Waals surface area (Å²) in [6.07, 6.45) is 6.40. The van der Waals surface area contributed by atoms with Gasteiger partial charge in [0, 0.05) is 31.9 Å². The van der Waals surface area contributed by atoms with Gasteiger partial charge in [-0.1, -0.05) is 6.92 Å². The maximum atomic E-state index is 5.75. The van der Waals surface area contributed by atoms with Crippen molar-refractivity contribution in [1.82, 2.24) is 5.32 Å². The van der Waals surface area contributed by atoms with E-state index < -0.39 is 0 Å². The van der Waals surface area contributed by atoms with Gasteiger partial charge in [-0.15, -0.1) is 0 Å². The largest absolute Gasteiger partial charge is 0.381 e. The lowest BCUT2D eigenvalue weighted by molar-refractivity contribution is 0.0470. The Morgan fingerprint density at radius 2 is 2.00 bits per heavy atom. The molecule has 3 heteroatoms. The first-order valence-corrected chi connectivity index (χ1v) is 6.35. The second kappa shape index (κ2) is 5.83. The van der Waals surface area contributed by atoms with Crippen molar-refractivity contribution >= 4 is 0 Å². The second-order valence-corrected chi connectivity index (χ2v) is 4.62. The van der Waals surface area contributed by atoms with Crippen molar-refractivity contribution in [3.63, 3.8) is 0 Å². The predicted molar refractivity (Wildman–Crippen MR) is 60.0 cm³/mol. The van der Waals surface area contributed by atoms with Gasteiger partial charge in [0.2, 0.25) is 0 Å². The van der Waals surface area contributed by atoms with Crippen molar-refractivity contribution in [2.24, 2.45) is 0 Å². The summed E-state index contributed by atoms with van der Waals surface area (Å²) < 4.78 is 11.1. The highest BCUT2D eigenvalue weighted by Crippen LogP contribution is 2.19. The minimum absolute atomic E-state index is 0.456. The van der Waals surface area contributed by atoms with Gasteiger partial charge in [0.15, 0.2) is 0 Å². The highest BCUT2D eigenvalue weighted by molar-refractivity contribution is 4.83. The summed E-state index contributed by atoms with van der Waals surface area (Å²) in [5, 5.41) is 3.74. The molecule has 88 valence electrons. The van der Waals surface area contributed by atoms with E-state index in [0.717, 1.165) is 32.7 Å². The number of rotatable bonds is 4. The van der Waals surface area contributed by atoms with E-state index in [2.05, 4.69) is 12.2 Å². The highest BCUT2D eigenvalue weighted by Gasteiger charge is 2.27. The fourth-order valence-electron chi connectivity index (χ4n) is 2.57. The van der Waals surface area contributed by atoms with Crippen LogP contribution in [0.3, 0.4) is 0 Å². The van der Waals surface area contributed by atoms with E-state index in [0.29, 0.717) is 18.2 Å². The molecule has 0 spiro atoms. The van der Waals surface area contributed by atoms with Gasteiger partial charge >= 0.3 is 0 Å². The Balaban J connectivity index is 1.78. The summed E-state index contributed by atoms with van der Waals surface area (Å²) in [4.78, 5) is 0. The monoisotopic (exact) mass is 213 g/mol. The molecule has 0 saturated carbocycles. The smallest absolute Gasteiger partial charge is 0.0728 e. The first kappa shape index (κ1) is 11.4. The molecule has 2 aliphatic rings. The molecule has 2 unspecified atom stereocenters. The van der Waals surface area contributed by atoms with Gasteiger partial charge in [-0.25, -0.2) is 0 Å². The molecule has 2 fully saturated rings. The lowest BCUT2D eigenvalue weighted by Crippen LogP contribution is -2.46. The molecule has 15 heavy (non-hydrogen) atoms. The molecule has 1 N–H and O–H groups in total. The Bertz CT molecular complexity index is 174. The molecule has 2 atom stereocenters. The number of hydrogen-bond donors (Lipinski definition) is 1. The first-order valence-electron chi connectivity index (χ1n) is 6.35. The fraction of sp³-hybridized carbons (Fsp3) is 1.00. The van der Waals surface area contributed by atoms with Crippen LogP contribution in [-0.2, 0) is 9.47 Å². The maximum Gasteiger partial charge on any atom is 0.0728 e. The van der Waals surface area contributed by atoms with Gasteiger partial charge in [0.05, 0.1) is 6.10 Å². The molecule has 3 nitrogen and oxygen atoms in total. The molecule has 2 heterocycles. The molecule has 0 aromatic rings. The molecule has 0 aliphatic carbocycles. The molecule has 0 aromatic heterocycles. The standard InChI is InChI=1S/C12H23NO2/c1-2-11(12-4-3-7-15-12)13-10-5-8-14-9-6-10/h10-13H,2-9H2,1H3. The van der Waals surface area contributed by atoms with Crippen LogP contribution in [0.4, 0.5) is 0 Å². The molecule has 2 saturated heterocycles. The van der Waals surface area contributed by atoms with Crippen LogP contribution in [0.25, 0.3) is 0 Å². The van der Waals surface area contributed by atoms with Crippen molar-refractivity contribution in [1.29, 1.82) is 0 Å². The lowest BCUT2D eigenvalue weighted by Gasteiger charge is -2.30. The van der Waals surface area contributed by atoms with Crippen LogP contribution in [0, 0.1) is 0 Å². The molecule has 0 aromatic carbocycles. The lowest BCUT2D eigenvalue weighted by atomic mass is 10.0. The predicted octanol–water partition coefficient (Wildman–Crippen LogP) is 1.71. The van der Waals surface area contributed by atoms with Crippen LogP contribution in [0.2, 0.25) is 0 Å². The minimum atomic E-state index is 0.456. The normalized spacial score (nSPS) is 30.6. The van der Waals surface area contributed by atoms with Crippen LogP contribution < -0.4 is 5.32 Å². The number of ether oxygens (including phenoxy) is 2. The average Bonchev–Trinajstić information content (AvgIpc) is 2.81. The van der Waals surface area contributed by atoms with E-state index in [9.17, 15) is 0 Å². The third kappa shape index (κ3) is 3.16. The summed E-state index contributed by atoms with van der Waals surface area (Å²) in [7, 11) is 0. The highest BCUT2D eigenvalue weighted by atomic mass is 16.5. The second-order valence-electron chi connectivity index (χ2n) is 4.62. The van der Waals surface area contributed by atoms with Crippen molar-refractivity contribution in [3.05, 3.63) is 0 Å². The van der Waals surface area contributed by atoms with Gasteiger partial charge in [0.25, 0.3) is 0 Å². The summed E-state index contributed by atoms with van der Waals surface area (Å²) >= 11 is 0. The van der Waals surface area contributed by atoms with Crippen LogP contribution in [-0.4, -0.2) is 38.0 Å². The zero-order chi connectivity index (χ0) is 10.5. The summed E-state index contributed by atoms with van der Waals surface area (Å²) in [6.45, 7) is 5.04. The van der Waals surface area contributed by atoms with Crippen LogP contribution in [0.15, 0.2) is 0 Å². The van der Waals surface area contributed by atoms with Gasteiger partial charge < -0.3 is 14.8 Å². The van der Waals surface area contributed by atoms with Gasteiger partial charge in [-0.05, 0) is 32.1 Å². The first-order chi connectivity index (χ1) is 7.40. The Kier molecular flexibility index (Phi) is 4.42. The van der Waals surface area contributed by atoms with Gasteiger partial charge in [-0.3, -0.25) is 0 Å². The molecule has 2 rings (SSSR count). The molecule has 2 aliphatic heterocycles. The summed E-state index contributed by atoms with van der Waals surface area (Å²) in [5.74, 6) is 0. The molecule has 0 radical (unpaired) electrons. The van der Waals surface area contributed by atoms with Crippen molar-refractivity contribution < 1.29 is 9.47 Å². The number of hydrogen-bond acceptors (Lipinski definition) is 3. The molecule has 0 amide bonds. The summed E-state index contributed by atoms with van der Waals surface area (Å²) in [5.41, 5.74) is 0. The van der Waals surface area contributed by atoms with Crippen LogP contribution in [0.5, 0.6) is 0 Å². The third-order valence-electron chi connectivity index (χ3n) is 3.52. The van der Waals surface area contributed by atoms with E-state index in [4.69, 9.17) is 9.47 Å². The maximum absolute atomic E-state index is 5.75. The van der Waals surface area contributed by atoms with E-state index in [1.54, 1.807) is 0 Å². The zero-order valence-corrected chi connectivity index (χ0v) is 9.71. The Hall–Kier alpha value is -0.120.